The smallest absolute Gasteiger partial charge is 0.329 e. The van der Waals surface area contributed by atoms with Crippen molar-refractivity contribution >= 4 is 0 Å². The Kier molecular flexibility index (Phi) is 4.39. The summed E-state index contributed by atoms with van der Waals surface area (Å²) in [6.45, 7) is 5.67. The molecule has 0 saturated heterocycles. The molecule has 0 rings (SSSR count). The molecule has 0 spiro atoms. The number of likely N-dealkylation sites (N-methyl/N-ethyl adjacent to an activating group) is 1. The number of rotatable bonds is 3. The zero-order valence-corrected chi connectivity index (χ0v) is 9.15. The third kappa shape index (κ3) is 4.81. The van der Waals surface area contributed by atoms with Crippen molar-refractivity contribution in [1.82, 2.24) is 4.90 Å². The highest BCUT2D eigenvalue weighted by molar-refractivity contribution is 4.80. The van der Waals surface area contributed by atoms with E-state index in [1.165, 1.54) is 11.9 Å². The minimum absolute atomic E-state index is 0.159. The fourth-order valence-electron chi connectivity index (χ4n) is 1.42. The average Bonchev–Trinajstić information content (AvgIpc) is 1.79. The van der Waals surface area contributed by atoms with Crippen LogP contribution in [0.3, 0.4) is 0 Å². The second kappa shape index (κ2) is 4.49. The van der Waals surface area contributed by atoms with Crippen LogP contribution in [0.1, 0.15) is 20.8 Å². The van der Waals surface area contributed by atoms with Gasteiger partial charge < -0.3 is 5.73 Å². The highest BCUT2D eigenvalue weighted by Crippen LogP contribution is 2.25. The van der Waals surface area contributed by atoms with Gasteiger partial charge in [-0.05, 0) is 12.5 Å². The lowest BCUT2D eigenvalue weighted by atomic mass is 9.95. The third-order valence-corrected chi connectivity index (χ3v) is 1.86. The second-order valence-electron chi connectivity index (χ2n) is 4.77. The van der Waals surface area contributed by atoms with Crippen LogP contribution >= 0.6 is 0 Å². The predicted molar refractivity (Wildman–Crippen MR) is 51.0 cm³/mol. The molecule has 86 valence electrons. The van der Waals surface area contributed by atoms with E-state index in [0.29, 0.717) is 6.54 Å². The van der Waals surface area contributed by atoms with Gasteiger partial charge in [0.2, 0.25) is 0 Å². The molecule has 0 fully saturated rings. The quantitative estimate of drug-likeness (QED) is 0.773. The Balaban J connectivity index is 4.41. The predicted octanol–water partition coefficient (Wildman–Crippen LogP) is 1.85. The van der Waals surface area contributed by atoms with Gasteiger partial charge in [-0.2, -0.15) is 13.2 Å². The van der Waals surface area contributed by atoms with Crippen molar-refractivity contribution in [3.63, 3.8) is 0 Å². The molecule has 0 heterocycles. The van der Waals surface area contributed by atoms with E-state index < -0.39 is 18.8 Å². The van der Waals surface area contributed by atoms with Gasteiger partial charge in [0.25, 0.3) is 0 Å². The molecule has 0 bridgehead atoms. The van der Waals surface area contributed by atoms with Gasteiger partial charge >= 0.3 is 6.18 Å². The molecule has 0 amide bonds. The van der Waals surface area contributed by atoms with Crippen LogP contribution in [0.2, 0.25) is 0 Å². The van der Waals surface area contributed by atoms with E-state index in [2.05, 4.69) is 0 Å². The molecule has 0 aliphatic carbocycles. The molecular formula is C9H19F3N2. The molecule has 0 aromatic rings. The first-order chi connectivity index (χ1) is 6.08. The monoisotopic (exact) mass is 212 g/mol. The Hall–Kier alpha value is -0.290. The Morgan fingerprint density at radius 1 is 1.21 bits per heavy atom. The van der Waals surface area contributed by atoms with Gasteiger partial charge in [-0.1, -0.05) is 20.8 Å². The maximum Gasteiger partial charge on any atom is 0.405 e. The molecule has 0 aliphatic heterocycles. The van der Waals surface area contributed by atoms with Crippen molar-refractivity contribution in [2.75, 3.05) is 20.1 Å². The van der Waals surface area contributed by atoms with Crippen molar-refractivity contribution in [1.29, 1.82) is 0 Å². The van der Waals surface area contributed by atoms with Gasteiger partial charge in [0.05, 0.1) is 0 Å². The number of alkyl halides is 3. The van der Waals surface area contributed by atoms with E-state index in [9.17, 15) is 13.2 Å². The topological polar surface area (TPSA) is 29.3 Å². The highest BCUT2D eigenvalue weighted by Gasteiger charge is 2.41. The standard InChI is InChI=1S/C9H19F3N2/c1-8(2,3)6-14(4)7(5-13)9(10,11)12/h7H,5-6,13H2,1-4H3. The lowest BCUT2D eigenvalue weighted by molar-refractivity contribution is -0.179. The largest absolute Gasteiger partial charge is 0.405 e. The van der Waals surface area contributed by atoms with Crippen LogP contribution in [0.25, 0.3) is 0 Å². The summed E-state index contributed by atoms with van der Waals surface area (Å²) in [6, 6.07) is -1.54. The van der Waals surface area contributed by atoms with E-state index in [4.69, 9.17) is 5.73 Å². The highest BCUT2D eigenvalue weighted by atomic mass is 19.4. The molecule has 5 heteroatoms. The first-order valence-corrected chi connectivity index (χ1v) is 4.55. The van der Waals surface area contributed by atoms with Gasteiger partial charge in [0.1, 0.15) is 6.04 Å². The van der Waals surface area contributed by atoms with Crippen LogP contribution < -0.4 is 5.73 Å². The molecule has 1 atom stereocenters. The zero-order chi connectivity index (χ0) is 11.6. The SMILES string of the molecule is CN(CC(C)(C)C)C(CN)C(F)(F)F. The Labute approximate surface area is 83.3 Å². The molecule has 0 saturated carbocycles. The second-order valence-corrected chi connectivity index (χ2v) is 4.77. The van der Waals surface area contributed by atoms with Crippen molar-refractivity contribution < 1.29 is 13.2 Å². The van der Waals surface area contributed by atoms with Crippen molar-refractivity contribution in [2.24, 2.45) is 11.1 Å². The van der Waals surface area contributed by atoms with Crippen LogP contribution in [-0.2, 0) is 0 Å². The molecule has 2 nitrogen and oxygen atoms in total. The maximum absolute atomic E-state index is 12.4. The summed E-state index contributed by atoms with van der Waals surface area (Å²) in [7, 11) is 1.45. The summed E-state index contributed by atoms with van der Waals surface area (Å²) in [5.41, 5.74) is 4.96. The van der Waals surface area contributed by atoms with Gasteiger partial charge in [-0.3, -0.25) is 4.90 Å². The number of nitrogens with zero attached hydrogens (tertiary/aromatic N) is 1. The van der Waals surface area contributed by atoms with Crippen LogP contribution in [0, 0.1) is 5.41 Å². The first kappa shape index (κ1) is 13.7. The van der Waals surface area contributed by atoms with E-state index in [1.807, 2.05) is 20.8 Å². The van der Waals surface area contributed by atoms with Gasteiger partial charge in [0.15, 0.2) is 0 Å². The Morgan fingerprint density at radius 2 is 1.64 bits per heavy atom. The number of halogens is 3. The van der Waals surface area contributed by atoms with E-state index in [-0.39, 0.29) is 5.41 Å². The summed E-state index contributed by atoms with van der Waals surface area (Å²) in [5.74, 6) is 0. The minimum atomic E-state index is -4.24. The maximum atomic E-state index is 12.4. The Morgan fingerprint density at radius 3 is 1.86 bits per heavy atom. The van der Waals surface area contributed by atoms with Crippen LogP contribution in [-0.4, -0.2) is 37.3 Å². The summed E-state index contributed by atoms with van der Waals surface area (Å²) in [6.07, 6.45) is -4.24. The fraction of sp³-hybridized carbons (Fsp3) is 1.00. The van der Waals surface area contributed by atoms with Crippen molar-refractivity contribution in [3.05, 3.63) is 0 Å². The third-order valence-electron chi connectivity index (χ3n) is 1.86. The lowest BCUT2D eigenvalue weighted by Gasteiger charge is -2.33. The Bertz CT molecular complexity index is 172. The molecule has 14 heavy (non-hydrogen) atoms. The average molecular weight is 212 g/mol. The molecule has 0 aromatic heterocycles. The van der Waals surface area contributed by atoms with Crippen molar-refractivity contribution in [3.8, 4) is 0 Å². The number of nitrogens with two attached hydrogens (primary N) is 1. The van der Waals surface area contributed by atoms with E-state index in [1.54, 1.807) is 0 Å². The van der Waals surface area contributed by atoms with Gasteiger partial charge in [-0.25, -0.2) is 0 Å². The van der Waals surface area contributed by atoms with Gasteiger partial charge in [0, 0.05) is 13.1 Å². The fourth-order valence-corrected chi connectivity index (χ4v) is 1.42. The zero-order valence-electron chi connectivity index (χ0n) is 9.15. The molecule has 1 unspecified atom stereocenters. The summed E-state index contributed by atoms with van der Waals surface area (Å²) in [5, 5.41) is 0. The molecule has 2 N–H and O–H groups in total. The minimum Gasteiger partial charge on any atom is -0.329 e. The van der Waals surface area contributed by atoms with Crippen molar-refractivity contribution in [2.45, 2.75) is 33.0 Å². The first-order valence-electron chi connectivity index (χ1n) is 4.55. The molecule has 0 radical (unpaired) electrons. The molecule has 0 aromatic carbocycles. The molecule has 0 aliphatic rings. The number of hydrogen-bond donors (Lipinski definition) is 1. The normalized spacial score (nSPS) is 16.1. The van der Waals surface area contributed by atoms with E-state index in [0.717, 1.165) is 0 Å². The van der Waals surface area contributed by atoms with Gasteiger partial charge in [-0.15, -0.1) is 0 Å². The number of hydrogen-bond acceptors (Lipinski definition) is 2. The van der Waals surface area contributed by atoms with E-state index >= 15 is 0 Å². The van der Waals surface area contributed by atoms with Crippen LogP contribution in [0.15, 0.2) is 0 Å². The summed E-state index contributed by atoms with van der Waals surface area (Å²) >= 11 is 0. The summed E-state index contributed by atoms with van der Waals surface area (Å²) < 4.78 is 37.3. The van der Waals surface area contributed by atoms with Crippen LogP contribution in [0.5, 0.6) is 0 Å². The lowest BCUT2D eigenvalue weighted by Crippen LogP contribution is -2.50. The summed E-state index contributed by atoms with van der Waals surface area (Å²) in [4.78, 5) is 1.26. The van der Waals surface area contributed by atoms with Crippen LogP contribution in [0.4, 0.5) is 13.2 Å². The molecular weight excluding hydrogens is 193 g/mol.